The van der Waals surface area contributed by atoms with Crippen LogP contribution in [0.1, 0.15) is 6.42 Å². The van der Waals surface area contributed by atoms with Gasteiger partial charge in [-0.05, 0) is 23.3 Å². The van der Waals surface area contributed by atoms with Crippen LogP contribution in [0.25, 0.3) is 0 Å². The van der Waals surface area contributed by atoms with Crippen molar-refractivity contribution in [2.45, 2.75) is 6.42 Å². The smallest absolute Gasteiger partial charge is 0.00317 e. The molecule has 2 heteroatoms. The van der Waals surface area contributed by atoms with Gasteiger partial charge in [0.2, 0.25) is 0 Å². The molecular weight excluding hydrogens is 118 g/mol. The van der Waals surface area contributed by atoms with Gasteiger partial charge in [-0.1, -0.05) is 13.2 Å². The highest BCUT2D eigenvalue weighted by Gasteiger charge is 1.86. The Kier molecular flexibility index (Phi) is 4.81. The topological polar surface area (TPSA) is 26.0 Å². The molecule has 0 saturated carbocycles. The van der Waals surface area contributed by atoms with E-state index in [9.17, 15) is 0 Å². The van der Waals surface area contributed by atoms with Gasteiger partial charge in [-0.15, -0.1) is 11.8 Å². The van der Waals surface area contributed by atoms with Crippen LogP contribution in [-0.2, 0) is 0 Å². The highest BCUT2D eigenvalue weighted by atomic mass is 32.2. The number of nitrogens with two attached hydrogens (primary N) is 1. The number of hydrogen-bond donors (Lipinski definition) is 1. The van der Waals surface area contributed by atoms with E-state index >= 15 is 0 Å². The van der Waals surface area contributed by atoms with E-state index in [0.717, 1.165) is 11.3 Å². The zero-order valence-corrected chi connectivity index (χ0v) is 5.71. The Morgan fingerprint density at radius 3 is 2.75 bits per heavy atom. The van der Waals surface area contributed by atoms with E-state index in [0.29, 0.717) is 6.54 Å². The van der Waals surface area contributed by atoms with Crippen molar-refractivity contribution in [2.24, 2.45) is 5.73 Å². The van der Waals surface area contributed by atoms with Gasteiger partial charge in [-0.2, -0.15) is 0 Å². The molecule has 0 aliphatic rings. The second kappa shape index (κ2) is 4.94. The van der Waals surface area contributed by atoms with Crippen LogP contribution in [0.4, 0.5) is 0 Å². The first kappa shape index (κ1) is 7.79. The first-order valence-corrected chi connectivity index (χ1v) is 3.34. The molecule has 0 atom stereocenters. The maximum Gasteiger partial charge on any atom is -0.00317 e. The van der Waals surface area contributed by atoms with Gasteiger partial charge in [0.25, 0.3) is 0 Å². The molecule has 2 N–H and O–H groups in total. The van der Waals surface area contributed by atoms with E-state index in [-0.39, 0.29) is 0 Å². The summed E-state index contributed by atoms with van der Waals surface area (Å²) in [6, 6.07) is 0. The van der Waals surface area contributed by atoms with Crippen molar-refractivity contribution >= 4 is 11.8 Å². The molecule has 0 radical (unpaired) electrons. The lowest BCUT2D eigenvalue weighted by atomic mass is 10.4. The molecule has 0 unspecified atom stereocenters. The molecule has 0 heterocycles. The Bertz CT molecular complexity index is 88.5. The molecule has 0 fully saturated rings. The zero-order valence-electron chi connectivity index (χ0n) is 4.89. The minimum Gasteiger partial charge on any atom is -0.330 e. The molecule has 46 valence electrons. The van der Waals surface area contributed by atoms with Crippen molar-refractivity contribution in [2.75, 3.05) is 6.54 Å². The predicted octanol–water partition coefficient (Wildman–Crippen LogP) is 1.73. The summed E-state index contributed by atoms with van der Waals surface area (Å²) in [5.41, 5.74) is 5.25. The third-order valence-electron chi connectivity index (χ3n) is 0.673. The van der Waals surface area contributed by atoms with E-state index in [1.165, 1.54) is 0 Å². The fraction of sp³-hybridized carbons (Fsp3) is 0.333. The molecule has 0 rings (SSSR count). The molecule has 0 aromatic heterocycles. The third-order valence-corrected chi connectivity index (χ3v) is 1.38. The lowest BCUT2D eigenvalue weighted by molar-refractivity contribution is 1.000. The molecule has 0 saturated heterocycles. The second-order valence-corrected chi connectivity index (χ2v) is 2.51. The van der Waals surface area contributed by atoms with Gasteiger partial charge < -0.3 is 5.73 Å². The normalized spacial score (nSPS) is 8.62. The van der Waals surface area contributed by atoms with Crippen molar-refractivity contribution in [3.63, 3.8) is 0 Å². The average Bonchev–Trinajstić information content (AvgIpc) is 1.68. The maximum absolute atomic E-state index is 5.25. The van der Waals surface area contributed by atoms with Crippen molar-refractivity contribution < 1.29 is 0 Å². The van der Waals surface area contributed by atoms with Crippen molar-refractivity contribution in [1.29, 1.82) is 0 Å². The largest absolute Gasteiger partial charge is 0.330 e. The summed E-state index contributed by atoms with van der Waals surface area (Å²) < 4.78 is 0. The minimum atomic E-state index is 0.680. The van der Waals surface area contributed by atoms with E-state index in [1.54, 1.807) is 17.2 Å². The molecule has 0 spiro atoms. The molecule has 0 amide bonds. The van der Waals surface area contributed by atoms with Crippen LogP contribution in [-0.4, -0.2) is 6.54 Å². The summed E-state index contributed by atoms with van der Waals surface area (Å²) in [4.78, 5) is 1.09. The first-order chi connectivity index (χ1) is 3.81. The minimum absolute atomic E-state index is 0.680. The predicted molar refractivity (Wildman–Crippen MR) is 40.6 cm³/mol. The van der Waals surface area contributed by atoms with Crippen LogP contribution in [0.3, 0.4) is 0 Å². The Labute approximate surface area is 54.6 Å². The quantitative estimate of drug-likeness (QED) is 0.625. The van der Waals surface area contributed by atoms with E-state index < -0.39 is 0 Å². The molecule has 0 aromatic rings. The monoisotopic (exact) mass is 129 g/mol. The summed E-state index contributed by atoms with van der Waals surface area (Å²) in [5.74, 6) is 0. The van der Waals surface area contributed by atoms with Crippen LogP contribution in [0.15, 0.2) is 23.5 Å². The Hall–Kier alpha value is -0.210. The standard InChI is InChI=1S/C6H11NS/c1-3-8-6(2)4-5-7/h3H,1-2,4-5,7H2. The molecule has 8 heavy (non-hydrogen) atoms. The van der Waals surface area contributed by atoms with Gasteiger partial charge in [0, 0.05) is 0 Å². The zero-order chi connectivity index (χ0) is 6.41. The van der Waals surface area contributed by atoms with E-state index in [2.05, 4.69) is 13.2 Å². The fourth-order valence-electron chi connectivity index (χ4n) is 0.338. The van der Waals surface area contributed by atoms with Crippen LogP contribution < -0.4 is 5.73 Å². The summed E-state index contributed by atoms with van der Waals surface area (Å²) >= 11 is 1.55. The van der Waals surface area contributed by atoms with Crippen molar-refractivity contribution in [1.82, 2.24) is 0 Å². The maximum atomic E-state index is 5.25. The van der Waals surface area contributed by atoms with E-state index in [4.69, 9.17) is 5.73 Å². The lowest BCUT2D eigenvalue weighted by Gasteiger charge is -1.94. The molecular formula is C6H11NS. The second-order valence-electron chi connectivity index (χ2n) is 1.36. The Balaban J connectivity index is 3.18. The van der Waals surface area contributed by atoms with Crippen LogP contribution in [0, 0.1) is 0 Å². The number of rotatable bonds is 4. The molecule has 0 aromatic carbocycles. The van der Waals surface area contributed by atoms with Gasteiger partial charge >= 0.3 is 0 Å². The van der Waals surface area contributed by atoms with Gasteiger partial charge in [-0.25, -0.2) is 0 Å². The van der Waals surface area contributed by atoms with Crippen LogP contribution in [0.5, 0.6) is 0 Å². The van der Waals surface area contributed by atoms with Crippen molar-refractivity contribution in [3.05, 3.63) is 23.5 Å². The summed E-state index contributed by atoms with van der Waals surface area (Å²) in [5, 5.41) is 1.76. The molecule has 0 aliphatic carbocycles. The highest BCUT2D eigenvalue weighted by Crippen LogP contribution is 2.15. The van der Waals surface area contributed by atoms with Crippen molar-refractivity contribution in [3.8, 4) is 0 Å². The Morgan fingerprint density at radius 1 is 1.75 bits per heavy atom. The molecule has 0 bridgehead atoms. The van der Waals surface area contributed by atoms with Gasteiger partial charge in [0.05, 0.1) is 0 Å². The fourth-order valence-corrected chi connectivity index (χ4v) is 0.809. The molecule has 1 nitrogen and oxygen atoms in total. The highest BCUT2D eigenvalue weighted by molar-refractivity contribution is 8.05. The third kappa shape index (κ3) is 3.96. The lowest BCUT2D eigenvalue weighted by Crippen LogP contribution is -1.97. The van der Waals surface area contributed by atoms with Crippen LogP contribution in [0.2, 0.25) is 0 Å². The van der Waals surface area contributed by atoms with Gasteiger partial charge in [-0.3, -0.25) is 0 Å². The SMILES string of the molecule is C=CSC(=C)CCN. The summed E-state index contributed by atoms with van der Waals surface area (Å²) in [6.07, 6.45) is 0.886. The molecule has 0 aliphatic heterocycles. The first-order valence-electron chi connectivity index (χ1n) is 2.46. The number of hydrogen-bond acceptors (Lipinski definition) is 2. The summed E-state index contributed by atoms with van der Waals surface area (Å²) in [7, 11) is 0. The number of thioether (sulfide) groups is 1. The van der Waals surface area contributed by atoms with E-state index in [1.807, 2.05) is 0 Å². The van der Waals surface area contributed by atoms with Crippen LogP contribution >= 0.6 is 11.8 Å². The average molecular weight is 129 g/mol. The summed E-state index contributed by atoms with van der Waals surface area (Å²) in [6.45, 7) is 7.97. The van der Waals surface area contributed by atoms with Gasteiger partial charge in [0.1, 0.15) is 0 Å². The Morgan fingerprint density at radius 2 is 2.38 bits per heavy atom. The van der Waals surface area contributed by atoms with Gasteiger partial charge in [0.15, 0.2) is 0 Å².